The second-order valence-electron chi connectivity index (χ2n) is 5.62. The molecule has 0 unspecified atom stereocenters. The maximum Gasteiger partial charge on any atom is 0.232 e. The molecule has 0 aromatic rings. The standard InChI is InChI=1S/C13H23NOS/c1-13(2,3)12(15)14-10-8-6-4-5-7-9-11(14)16/h4-10H2,1-3H3. The monoisotopic (exact) mass is 241 g/mol. The van der Waals surface area contributed by atoms with Crippen molar-refractivity contribution in [3.05, 3.63) is 0 Å². The fraction of sp³-hybridized carbons (Fsp3) is 0.846. The topological polar surface area (TPSA) is 20.3 Å². The van der Waals surface area contributed by atoms with Crippen molar-refractivity contribution in [2.45, 2.75) is 59.3 Å². The zero-order valence-electron chi connectivity index (χ0n) is 10.7. The Bertz CT molecular complexity index is 268. The number of carbonyl (C=O) groups excluding carboxylic acids is 1. The molecule has 2 nitrogen and oxygen atoms in total. The zero-order valence-corrected chi connectivity index (χ0v) is 11.5. The van der Waals surface area contributed by atoms with E-state index in [-0.39, 0.29) is 11.3 Å². The van der Waals surface area contributed by atoms with Gasteiger partial charge in [0.2, 0.25) is 5.91 Å². The summed E-state index contributed by atoms with van der Waals surface area (Å²) in [7, 11) is 0. The SMILES string of the molecule is CC(C)(C)C(=O)N1CCCCCCCC1=S. The van der Waals surface area contributed by atoms with Crippen LogP contribution in [0.1, 0.15) is 59.3 Å². The van der Waals surface area contributed by atoms with Crippen LogP contribution in [0.2, 0.25) is 0 Å². The van der Waals surface area contributed by atoms with Gasteiger partial charge in [-0.3, -0.25) is 4.79 Å². The summed E-state index contributed by atoms with van der Waals surface area (Å²) in [5, 5.41) is 0. The van der Waals surface area contributed by atoms with Crippen molar-refractivity contribution in [1.82, 2.24) is 4.90 Å². The van der Waals surface area contributed by atoms with Gasteiger partial charge in [-0.1, -0.05) is 52.3 Å². The van der Waals surface area contributed by atoms with E-state index < -0.39 is 0 Å². The van der Waals surface area contributed by atoms with Crippen LogP contribution in [0.15, 0.2) is 0 Å². The van der Waals surface area contributed by atoms with Crippen molar-refractivity contribution in [3.63, 3.8) is 0 Å². The number of hydrogen-bond acceptors (Lipinski definition) is 2. The Labute approximate surface area is 104 Å². The van der Waals surface area contributed by atoms with E-state index in [0.717, 1.165) is 30.8 Å². The summed E-state index contributed by atoms with van der Waals surface area (Å²) >= 11 is 5.38. The lowest BCUT2D eigenvalue weighted by atomic mass is 9.94. The quantitative estimate of drug-likeness (QED) is 0.605. The largest absolute Gasteiger partial charge is 0.306 e. The first-order chi connectivity index (χ1) is 7.43. The van der Waals surface area contributed by atoms with Crippen LogP contribution in [0.5, 0.6) is 0 Å². The number of rotatable bonds is 0. The van der Waals surface area contributed by atoms with Gasteiger partial charge in [-0.15, -0.1) is 0 Å². The second-order valence-corrected chi connectivity index (χ2v) is 6.09. The van der Waals surface area contributed by atoms with Crippen molar-refractivity contribution >= 4 is 23.1 Å². The van der Waals surface area contributed by atoms with E-state index in [1.807, 2.05) is 25.7 Å². The molecular weight excluding hydrogens is 218 g/mol. The Morgan fingerprint density at radius 1 is 1.12 bits per heavy atom. The Morgan fingerprint density at radius 2 is 1.69 bits per heavy atom. The molecule has 1 aliphatic heterocycles. The molecule has 1 fully saturated rings. The van der Waals surface area contributed by atoms with Gasteiger partial charge in [0.1, 0.15) is 0 Å². The van der Waals surface area contributed by atoms with Gasteiger partial charge in [-0.05, 0) is 19.3 Å². The van der Waals surface area contributed by atoms with Crippen LogP contribution in [-0.2, 0) is 4.79 Å². The highest BCUT2D eigenvalue weighted by atomic mass is 32.1. The first kappa shape index (κ1) is 13.6. The van der Waals surface area contributed by atoms with Gasteiger partial charge >= 0.3 is 0 Å². The Hall–Kier alpha value is -0.440. The molecule has 0 aromatic heterocycles. The number of nitrogens with zero attached hydrogens (tertiary/aromatic N) is 1. The highest BCUT2D eigenvalue weighted by Gasteiger charge is 2.29. The maximum atomic E-state index is 12.2. The molecular formula is C13H23NOS. The molecule has 0 saturated carbocycles. The summed E-state index contributed by atoms with van der Waals surface area (Å²) in [4.78, 5) is 14.9. The van der Waals surface area contributed by atoms with Crippen molar-refractivity contribution < 1.29 is 4.79 Å². The summed E-state index contributed by atoms with van der Waals surface area (Å²) in [6.45, 7) is 6.70. The van der Waals surface area contributed by atoms with E-state index in [1.165, 1.54) is 19.3 Å². The second kappa shape index (κ2) is 5.76. The minimum atomic E-state index is -0.321. The Morgan fingerprint density at radius 3 is 2.31 bits per heavy atom. The molecule has 1 saturated heterocycles. The van der Waals surface area contributed by atoms with Crippen LogP contribution in [-0.4, -0.2) is 22.3 Å². The Balaban J connectivity index is 2.73. The number of amides is 1. The lowest BCUT2D eigenvalue weighted by Gasteiger charge is -2.29. The zero-order chi connectivity index (χ0) is 12.2. The van der Waals surface area contributed by atoms with Gasteiger partial charge in [-0.25, -0.2) is 0 Å². The highest BCUT2D eigenvalue weighted by molar-refractivity contribution is 7.80. The molecule has 3 heteroatoms. The smallest absolute Gasteiger partial charge is 0.232 e. The molecule has 0 radical (unpaired) electrons. The van der Waals surface area contributed by atoms with E-state index in [1.54, 1.807) is 0 Å². The highest BCUT2D eigenvalue weighted by Crippen LogP contribution is 2.21. The van der Waals surface area contributed by atoms with Gasteiger partial charge in [-0.2, -0.15) is 0 Å². The van der Waals surface area contributed by atoms with Gasteiger partial charge in [0.15, 0.2) is 0 Å². The average molecular weight is 241 g/mol. The number of carbonyl (C=O) groups is 1. The Kier molecular flexibility index (Phi) is 4.90. The predicted molar refractivity (Wildman–Crippen MR) is 71.5 cm³/mol. The van der Waals surface area contributed by atoms with E-state index in [4.69, 9.17) is 12.2 Å². The van der Waals surface area contributed by atoms with E-state index in [0.29, 0.717) is 0 Å². The molecule has 0 spiro atoms. The van der Waals surface area contributed by atoms with Crippen LogP contribution in [0.3, 0.4) is 0 Å². The van der Waals surface area contributed by atoms with Crippen LogP contribution in [0.4, 0.5) is 0 Å². The third kappa shape index (κ3) is 3.85. The average Bonchev–Trinajstić information content (AvgIpc) is 2.28. The molecule has 92 valence electrons. The van der Waals surface area contributed by atoms with Gasteiger partial charge in [0.05, 0.1) is 4.99 Å². The summed E-state index contributed by atoms with van der Waals surface area (Å²) in [5.41, 5.74) is -0.321. The molecule has 0 bridgehead atoms. The summed E-state index contributed by atoms with van der Waals surface area (Å²) in [5.74, 6) is 0.180. The maximum absolute atomic E-state index is 12.2. The molecule has 1 aliphatic rings. The van der Waals surface area contributed by atoms with E-state index >= 15 is 0 Å². The van der Waals surface area contributed by atoms with Gasteiger partial charge < -0.3 is 4.90 Å². The van der Waals surface area contributed by atoms with Crippen LogP contribution in [0.25, 0.3) is 0 Å². The summed E-state index contributed by atoms with van der Waals surface area (Å²) in [6, 6.07) is 0. The molecule has 1 rings (SSSR count). The van der Waals surface area contributed by atoms with Crippen molar-refractivity contribution in [2.75, 3.05) is 6.54 Å². The first-order valence-electron chi connectivity index (χ1n) is 6.28. The van der Waals surface area contributed by atoms with Gasteiger partial charge in [0.25, 0.3) is 0 Å². The van der Waals surface area contributed by atoms with Crippen LogP contribution >= 0.6 is 12.2 Å². The lowest BCUT2D eigenvalue weighted by Crippen LogP contribution is -2.43. The van der Waals surface area contributed by atoms with E-state index in [9.17, 15) is 4.79 Å². The molecule has 16 heavy (non-hydrogen) atoms. The lowest BCUT2D eigenvalue weighted by molar-refractivity contribution is -0.135. The van der Waals surface area contributed by atoms with Crippen LogP contribution < -0.4 is 0 Å². The molecule has 0 atom stereocenters. The molecule has 0 N–H and O–H groups in total. The van der Waals surface area contributed by atoms with Crippen molar-refractivity contribution in [1.29, 1.82) is 0 Å². The van der Waals surface area contributed by atoms with E-state index in [2.05, 4.69) is 0 Å². The molecule has 0 aliphatic carbocycles. The van der Waals surface area contributed by atoms with Crippen molar-refractivity contribution in [2.24, 2.45) is 5.41 Å². The normalized spacial score (nSPS) is 19.9. The first-order valence-corrected chi connectivity index (χ1v) is 6.68. The summed E-state index contributed by atoms with van der Waals surface area (Å²) < 4.78 is 0. The van der Waals surface area contributed by atoms with Crippen LogP contribution in [0, 0.1) is 5.41 Å². The fourth-order valence-corrected chi connectivity index (χ4v) is 2.27. The summed E-state index contributed by atoms with van der Waals surface area (Å²) in [6.07, 6.45) is 6.86. The third-order valence-electron chi connectivity index (χ3n) is 2.96. The number of hydrogen-bond donors (Lipinski definition) is 0. The minimum absolute atomic E-state index is 0.180. The van der Waals surface area contributed by atoms with Gasteiger partial charge in [0, 0.05) is 12.0 Å². The molecule has 0 aromatic carbocycles. The molecule has 1 amide bonds. The minimum Gasteiger partial charge on any atom is -0.306 e. The predicted octanol–water partition coefficient (Wildman–Crippen LogP) is 3.54. The van der Waals surface area contributed by atoms with Crippen molar-refractivity contribution in [3.8, 4) is 0 Å². The number of thiocarbonyl (C=S) groups is 1. The molecule has 1 heterocycles. The third-order valence-corrected chi connectivity index (χ3v) is 3.38. The fourth-order valence-electron chi connectivity index (χ4n) is 1.96.